The first kappa shape index (κ1) is 8.49. The van der Waals surface area contributed by atoms with Crippen molar-refractivity contribution in [3.05, 3.63) is 35.9 Å². The molecule has 1 aliphatic rings. The lowest BCUT2D eigenvalue weighted by Crippen LogP contribution is -1.88. The second kappa shape index (κ2) is 3.73. The Morgan fingerprint density at radius 1 is 1.31 bits per heavy atom. The molecule has 1 heteroatoms. The highest BCUT2D eigenvalue weighted by Crippen LogP contribution is 2.29. The van der Waals surface area contributed by atoms with E-state index in [9.17, 15) is 0 Å². The van der Waals surface area contributed by atoms with Gasteiger partial charge in [0.15, 0.2) is 0 Å². The molecule has 2 rings (SSSR count). The summed E-state index contributed by atoms with van der Waals surface area (Å²) in [6.07, 6.45) is 3.51. The van der Waals surface area contributed by atoms with Gasteiger partial charge in [-0.15, -0.1) is 0 Å². The lowest BCUT2D eigenvalue weighted by Gasteiger charge is -2.05. The van der Waals surface area contributed by atoms with Gasteiger partial charge in [0.1, 0.15) is 0 Å². The smallest absolute Gasteiger partial charge is 0.0752 e. The van der Waals surface area contributed by atoms with Gasteiger partial charge in [-0.2, -0.15) is 0 Å². The Bertz CT molecular complexity index is 300. The Labute approximate surface area is 79.5 Å². The normalized spacial score (nSPS) is 21.6. The molecule has 0 fully saturated rings. The summed E-state index contributed by atoms with van der Waals surface area (Å²) in [5, 5.41) is 0. The van der Waals surface area contributed by atoms with E-state index in [0.29, 0.717) is 6.04 Å². The van der Waals surface area contributed by atoms with Gasteiger partial charge in [0.2, 0.25) is 0 Å². The third-order valence-corrected chi connectivity index (χ3v) is 2.64. The third kappa shape index (κ3) is 1.80. The molecule has 1 atom stereocenters. The highest BCUT2D eigenvalue weighted by atomic mass is 14.8. The molecule has 1 aromatic rings. The van der Waals surface area contributed by atoms with Crippen molar-refractivity contribution in [3.63, 3.8) is 0 Å². The predicted octanol–water partition coefficient (Wildman–Crippen LogP) is 3.37. The number of hydrogen-bond donors (Lipinski definition) is 0. The molecular weight excluding hydrogens is 158 g/mol. The van der Waals surface area contributed by atoms with E-state index in [1.165, 1.54) is 24.1 Å². The molecule has 0 aliphatic carbocycles. The van der Waals surface area contributed by atoms with Crippen LogP contribution in [0.2, 0.25) is 0 Å². The van der Waals surface area contributed by atoms with Gasteiger partial charge >= 0.3 is 0 Å². The van der Waals surface area contributed by atoms with E-state index in [1.54, 1.807) is 0 Å². The molecular formula is C12H15N. The fourth-order valence-corrected chi connectivity index (χ4v) is 1.84. The average Bonchev–Trinajstić information content (AvgIpc) is 2.67. The monoisotopic (exact) mass is 173 g/mol. The minimum Gasteiger partial charge on any atom is -0.286 e. The van der Waals surface area contributed by atoms with Crippen molar-refractivity contribution >= 4 is 5.71 Å². The standard InChI is InChI=1S/C12H15N/c1-2-11-8-9-12(13-11)10-6-4-3-5-7-10/h3-7,12H,2,8-9H2,1H3. The van der Waals surface area contributed by atoms with Gasteiger partial charge in [0.05, 0.1) is 6.04 Å². The zero-order chi connectivity index (χ0) is 9.10. The molecule has 68 valence electrons. The summed E-state index contributed by atoms with van der Waals surface area (Å²) in [4.78, 5) is 4.69. The van der Waals surface area contributed by atoms with Gasteiger partial charge in [0.25, 0.3) is 0 Å². The molecule has 1 aliphatic heterocycles. The molecule has 1 aromatic carbocycles. The number of nitrogens with zero attached hydrogens (tertiary/aromatic N) is 1. The summed E-state index contributed by atoms with van der Waals surface area (Å²) in [5.41, 5.74) is 2.75. The van der Waals surface area contributed by atoms with E-state index in [0.717, 1.165) is 6.42 Å². The van der Waals surface area contributed by atoms with E-state index in [1.807, 2.05) is 0 Å². The van der Waals surface area contributed by atoms with Crippen LogP contribution in [0.25, 0.3) is 0 Å². The second-order valence-corrected chi connectivity index (χ2v) is 3.51. The summed E-state index contributed by atoms with van der Waals surface area (Å²) in [5.74, 6) is 0. The van der Waals surface area contributed by atoms with Gasteiger partial charge in [-0.3, -0.25) is 4.99 Å². The Hall–Kier alpha value is -1.11. The van der Waals surface area contributed by atoms with Crippen molar-refractivity contribution in [2.75, 3.05) is 0 Å². The average molecular weight is 173 g/mol. The largest absolute Gasteiger partial charge is 0.286 e. The quantitative estimate of drug-likeness (QED) is 0.650. The van der Waals surface area contributed by atoms with Crippen LogP contribution in [0.1, 0.15) is 37.8 Å². The molecule has 0 bridgehead atoms. The first-order valence-electron chi connectivity index (χ1n) is 5.00. The van der Waals surface area contributed by atoms with Crippen LogP contribution in [0.5, 0.6) is 0 Å². The topological polar surface area (TPSA) is 12.4 Å². The van der Waals surface area contributed by atoms with Crippen LogP contribution in [0.4, 0.5) is 0 Å². The molecule has 0 radical (unpaired) electrons. The predicted molar refractivity (Wildman–Crippen MR) is 56.1 cm³/mol. The van der Waals surface area contributed by atoms with Crippen LogP contribution >= 0.6 is 0 Å². The number of hydrogen-bond acceptors (Lipinski definition) is 1. The van der Waals surface area contributed by atoms with E-state index in [2.05, 4.69) is 37.3 Å². The Kier molecular flexibility index (Phi) is 2.44. The van der Waals surface area contributed by atoms with Gasteiger partial charge in [0, 0.05) is 5.71 Å². The Balaban J connectivity index is 2.16. The van der Waals surface area contributed by atoms with Crippen molar-refractivity contribution in [1.29, 1.82) is 0 Å². The SMILES string of the molecule is CCC1=NC(c2ccccc2)CC1. The fraction of sp³-hybridized carbons (Fsp3) is 0.417. The first-order chi connectivity index (χ1) is 6.40. The van der Waals surface area contributed by atoms with Crippen LogP contribution in [0.15, 0.2) is 35.3 Å². The Morgan fingerprint density at radius 2 is 2.08 bits per heavy atom. The molecule has 1 unspecified atom stereocenters. The molecule has 0 aromatic heterocycles. The maximum atomic E-state index is 4.69. The van der Waals surface area contributed by atoms with Gasteiger partial charge in [-0.05, 0) is 24.8 Å². The van der Waals surface area contributed by atoms with Crippen LogP contribution in [-0.4, -0.2) is 5.71 Å². The summed E-state index contributed by atoms with van der Waals surface area (Å²) in [7, 11) is 0. The number of benzene rings is 1. The zero-order valence-corrected chi connectivity index (χ0v) is 8.03. The fourth-order valence-electron chi connectivity index (χ4n) is 1.84. The van der Waals surface area contributed by atoms with Crippen molar-refractivity contribution in [2.45, 2.75) is 32.2 Å². The van der Waals surface area contributed by atoms with E-state index in [-0.39, 0.29) is 0 Å². The third-order valence-electron chi connectivity index (χ3n) is 2.64. The molecule has 0 saturated heterocycles. The first-order valence-corrected chi connectivity index (χ1v) is 5.00. The summed E-state index contributed by atoms with van der Waals surface area (Å²) in [6, 6.07) is 11.0. The summed E-state index contributed by atoms with van der Waals surface area (Å²) >= 11 is 0. The zero-order valence-electron chi connectivity index (χ0n) is 8.03. The van der Waals surface area contributed by atoms with E-state index >= 15 is 0 Å². The molecule has 0 N–H and O–H groups in total. The maximum Gasteiger partial charge on any atom is 0.0752 e. The second-order valence-electron chi connectivity index (χ2n) is 3.51. The van der Waals surface area contributed by atoms with Gasteiger partial charge in [-0.1, -0.05) is 37.3 Å². The molecule has 0 spiro atoms. The minimum absolute atomic E-state index is 0.441. The lowest BCUT2D eigenvalue weighted by molar-refractivity contribution is 0.723. The van der Waals surface area contributed by atoms with Gasteiger partial charge in [-0.25, -0.2) is 0 Å². The van der Waals surface area contributed by atoms with Crippen LogP contribution in [0, 0.1) is 0 Å². The van der Waals surface area contributed by atoms with Crippen LogP contribution < -0.4 is 0 Å². The molecule has 1 nitrogen and oxygen atoms in total. The summed E-state index contributed by atoms with van der Waals surface area (Å²) in [6.45, 7) is 2.19. The number of rotatable bonds is 2. The van der Waals surface area contributed by atoms with E-state index < -0.39 is 0 Å². The highest BCUT2D eigenvalue weighted by Gasteiger charge is 2.16. The molecule has 1 heterocycles. The Morgan fingerprint density at radius 3 is 2.69 bits per heavy atom. The number of aliphatic imine (C=N–C) groups is 1. The maximum absolute atomic E-state index is 4.69. The van der Waals surface area contributed by atoms with Crippen molar-refractivity contribution in [3.8, 4) is 0 Å². The molecule has 13 heavy (non-hydrogen) atoms. The van der Waals surface area contributed by atoms with Crippen LogP contribution in [0.3, 0.4) is 0 Å². The van der Waals surface area contributed by atoms with Gasteiger partial charge < -0.3 is 0 Å². The molecule has 0 amide bonds. The summed E-state index contributed by atoms with van der Waals surface area (Å²) < 4.78 is 0. The highest BCUT2D eigenvalue weighted by molar-refractivity contribution is 5.86. The molecule has 0 saturated carbocycles. The van der Waals surface area contributed by atoms with Crippen LogP contribution in [-0.2, 0) is 0 Å². The van der Waals surface area contributed by atoms with E-state index in [4.69, 9.17) is 4.99 Å². The minimum atomic E-state index is 0.441. The van der Waals surface area contributed by atoms with Crippen molar-refractivity contribution in [1.82, 2.24) is 0 Å². The van der Waals surface area contributed by atoms with Crippen molar-refractivity contribution in [2.24, 2.45) is 4.99 Å². The van der Waals surface area contributed by atoms with Crippen molar-refractivity contribution < 1.29 is 0 Å². The lowest BCUT2D eigenvalue weighted by atomic mass is 10.0.